The zero-order valence-electron chi connectivity index (χ0n) is 15.8. The van der Waals surface area contributed by atoms with Crippen LogP contribution in [0.25, 0.3) is 0 Å². The number of ether oxygens (including phenoxy) is 2. The Hall–Kier alpha value is -1.81. The van der Waals surface area contributed by atoms with E-state index < -0.39 is 0 Å². The SMILES string of the molecule is C=CC(=O)OCCCCCCOc1ccc(C2CCC(CN)CC2)cc1. The van der Waals surface area contributed by atoms with Gasteiger partial charge in [0.15, 0.2) is 0 Å². The molecule has 4 nitrogen and oxygen atoms in total. The maximum absolute atomic E-state index is 10.9. The summed E-state index contributed by atoms with van der Waals surface area (Å²) in [5.41, 5.74) is 7.21. The van der Waals surface area contributed by atoms with Crippen LogP contribution in [0.4, 0.5) is 0 Å². The summed E-state index contributed by atoms with van der Waals surface area (Å²) < 4.78 is 10.8. The molecule has 1 aromatic rings. The fourth-order valence-corrected chi connectivity index (χ4v) is 3.55. The molecular weight excluding hydrogens is 326 g/mol. The molecule has 2 N–H and O–H groups in total. The molecule has 1 saturated carbocycles. The molecule has 1 aliphatic carbocycles. The highest BCUT2D eigenvalue weighted by Crippen LogP contribution is 2.35. The number of unbranched alkanes of at least 4 members (excludes halogenated alkanes) is 3. The highest BCUT2D eigenvalue weighted by Gasteiger charge is 2.21. The number of carbonyl (C=O) groups is 1. The van der Waals surface area contributed by atoms with E-state index in [1.54, 1.807) is 0 Å². The minimum atomic E-state index is -0.343. The Labute approximate surface area is 157 Å². The van der Waals surface area contributed by atoms with Gasteiger partial charge >= 0.3 is 5.97 Å². The summed E-state index contributed by atoms with van der Waals surface area (Å²) in [6.07, 6.45) is 10.2. The molecule has 1 fully saturated rings. The first-order chi connectivity index (χ1) is 12.7. The van der Waals surface area contributed by atoms with Crippen LogP contribution in [-0.2, 0) is 9.53 Å². The monoisotopic (exact) mass is 359 g/mol. The van der Waals surface area contributed by atoms with Gasteiger partial charge in [-0.05, 0) is 87.4 Å². The first-order valence-electron chi connectivity index (χ1n) is 9.95. The summed E-state index contributed by atoms with van der Waals surface area (Å²) in [5.74, 6) is 2.01. The molecule has 26 heavy (non-hydrogen) atoms. The van der Waals surface area contributed by atoms with Crippen molar-refractivity contribution >= 4 is 5.97 Å². The molecule has 0 aromatic heterocycles. The lowest BCUT2D eigenvalue weighted by Gasteiger charge is -2.28. The number of hydrogen-bond donors (Lipinski definition) is 1. The number of hydrogen-bond acceptors (Lipinski definition) is 4. The molecule has 4 heteroatoms. The Balaban J connectivity index is 1.56. The molecular formula is C22H33NO3. The van der Waals surface area contributed by atoms with Crippen molar-refractivity contribution in [3.8, 4) is 5.75 Å². The topological polar surface area (TPSA) is 61.5 Å². The Bertz CT molecular complexity index is 533. The van der Waals surface area contributed by atoms with Crippen molar-refractivity contribution in [3.05, 3.63) is 42.5 Å². The number of carbonyl (C=O) groups excluding carboxylic acids is 1. The third kappa shape index (κ3) is 7.20. The van der Waals surface area contributed by atoms with Gasteiger partial charge in [-0.2, -0.15) is 0 Å². The highest BCUT2D eigenvalue weighted by atomic mass is 16.5. The van der Waals surface area contributed by atoms with Crippen LogP contribution in [-0.4, -0.2) is 25.7 Å². The van der Waals surface area contributed by atoms with Crippen molar-refractivity contribution < 1.29 is 14.3 Å². The molecule has 0 bridgehead atoms. The van der Waals surface area contributed by atoms with E-state index in [4.69, 9.17) is 15.2 Å². The van der Waals surface area contributed by atoms with Crippen LogP contribution >= 0.6 is 0 Å². The van der Waals surface area contributed by atoms with Gasteiger partial charge in [-0.25, -0.2) is 4.79 Å². The van der Waals surface area contributed by atoms with E-state index in [0.29, 0.717) is 12.5 Å². The summed E-state index contributed by atoms with van der Waals surface area (Å²) >= 11 is 0. The molecule has 0 radical (unpaired) electrons. The van der Waals surface area contributed by atoms with E-state index in [-0.39, 0.29) is 5.97 Å². The number of esters is 1. The summed E-state index contributed by atoms with van der Waals surface area (Å²) in [4.78, 5) is 10.9. The first kappa shape index (κ1) is 20.5. The van der Waals surface area contributed by atoms with Crippen molar-refractivity contribution in [2.24, 2.45) is 11.7 Å². The Morgan fingerprint density at radius 3 is 2.31 bits per heavy atom. The quantitative estimate of drug-likeness (QED) is 0.357. The molecule has 0 atom stereocenters. The van der Waals surface area contributed by atoms with Crippen LogP contribution in [0.3, 0.4) is 0 Å². The van der Waals surface area contributed by atoms with Crippen molar-refractivity contribution in [2.75, 3.05) is 19.8 Å². The lowest BCUT2D eigenvalue weighted by atomic mass is 9.79. The Kier molecular flexibility index (Phi) is 9.26. The van der Waals surface area contributed by atoms with Gasteiger partial charge in [0.1, 0.15) is 5.75 Å². The van der Waals surface area contributed by atoms with Gasteiger partial charge in [-0.15, -0.1) is 0 Å². The minimum Gasteiger partial charge on any atom is -0.494 e. The smallest absolute Gasteiger partial charge is 0.330 e. The lowest BCUT2D eigenvalue weighted by Crippen LogP contribution is -2.20. The average molecular weight is 360 g/mol. The summed E-state index contributed by atoms with van der Waals surface area (Å²) in [6, 6.07) is 8.63. The molecule has 1 aromatic carbocycles. The predicted molar refractivity (Wildman–Crippen MR) is 105 cm³/mol. The zero-order valence-corrected chi connectivity index (χ0v) is 15.8. The number of benzene rings is 1. The molecule has 0 amide bonds. The summed E-state index contributed by atoms with van der Waals surface area (Å²) in [6.45, 7) is 5.41. The number of rotatable bonds is 11. The fourth-order valence-electron chi connectivity index (χ4n) is 3.55. The van der Waals surface area contributed by atoms with Crippen molar-refractivity contribution in [1.29, 1.82) is 0 Å². The van der Waals surface area contributed by atoms with Gasteiger partial charge in [0.05, 0.1) is 13.2 Å². The largest absolute Gasteiger partial charge is 0.494 e. The molecule has 2 rings (SSSR count). The van der Waals surface area contributed by atoms with Crippen LogP contribution in [0.15, 0.2) is 36.9 Å². The van der Waals surface area contributed by atoms with E-state index in [1.165, 1.54) is 37.3 Å². The second-order valence-corrected chi connectivity index (χ2v) is 7.16. The fraction of sp³-hybridized carbons (Fsp3) is 0.591. The first-order valence-corrected chi connectivity index (χ1v) is 9.95. The molecule has 144 valence electrons. The van der Waals surface area contributed by atoms with Crippen LogP contribution < -0.4 is 10.5 Å². The van der Waals surface area contributed by atoms with Gasteiger partial charge in [0.25, 0.3) is 0 Å². The van der Waals surface area contributed by atoms with Crippen LogP contribution in [0.2, 0.25) is 0 Å². The van der Waals surface area contributed by atoms with Gasteiger partial charge < -0.3 is 15.2 Å². The molecule has 0 heterocycles. The third-order valence-corrected chi connectivity index (χ3v) is 5.25. The van der Waals surface area contributed by atoms with E-state index in [0.717, 1.165) is 50.5 Å². The summed E-state index contributed by atoms with van der Waals surface area (Å²) in [5, 5.41) is 0. The van der Waals surface area contributed by atoms with Gasteiger partial charge in [-0.1, -0.05) is 18.7 Å². The third-order valence-electron chi connectivity index (χ3n) is 5.25. The maximum atomic E-state index is 10.9. The van der Waals surface area contributed by atoms with Gasteiger partial charge in [0.2, 0.25) is 0 Å². The molecule has 0 spiro atoms. The highest BCUT2D eigenvalue weighted by molar-refractivity contribution is 5.81. The van der Waals surface area contributed by atoms with Crippen molar-refractivity contribution in [3.63, 3.8) is 0 Å². The van der Waals surface area contributed by atoms with Crippen LogP contribution in [0.5, 0.6) is 5.75 Å². The van der Waals surface area contributed by atoms with Crippen molar-refractivity contribution in [2.45, 2.75) is 57.3 Å². The average Bonchev–Trinajstić information content (AvgIpc) is 2.70. The Morgan fingerprint density at radius 1 is 1.04 bits per heavy atom. The van der Waals surface area contributed by atoms with E-state index in [1.807, 2.05) is 0 Å². The number of nitrogens with two attached hydrogens (primary N) is 1. The second kappa shape index (κ2) is 11.7. The van der Waals surface area contributed by atoms with Gasteiger partial charge in [-0.3, -0.25) is 0 Å². The minimum absolute atomic E-state index is 0.343. The Morgan fingerprint density at radius 2 is 1.69 bits per heavy atom. The van der Waals surface area contributed by atoms with Crippen LogP contribution in [0, 0.1) is 5.92 Å². The molecule has 0 saturated heterocycles. The van der Waals surface area contributed by atoms with Gasteiger partial charge in [0, 0.05) is 6.08 Å². The standard InChI is InChI=1S/C22H33NO3/c1-2-22(24)26-16-6-4-3-5-15-25-21-13-11-20(12-14-21)19-9-7-18(17-23)8-10-19/h2,11-14,18-19H,1,3-10,15-17,23H2. The van der Waals surface area contributed by atoms with E-state index in [2.05, 4.69) is 30.8 Å². The van der Waals surface area contributed by atoms with E-state index in [9.17, 15) is 4.79 Å². The zero-order chi connectivity index (χ0) is 18.6. The summed E-state index contributed by atoms with van der Waals surface area (Å²) in [7, 11) is 0. The second-order valence-electron chi connectivity index (χ2n) is 7.16. The molecule has 1 aliphatic rings. The van der Waals surface area contributed by atoms with Crippen molar-refractivity contribution in [1.82, 2.24) is 0 Å². The lowest BCUT2D eigenvalue weighted by molar-refractivity contribution is -0.137. The molecule has 0 unspecified atom stereocenters. The predicted octanol–water partition coefficient (Wildman–Crippen LogP) is 4.59. The maximum Gasteiger partial charge on any atom is 0.330 e. The van der Waals surface area contributed by atoms with Crippen LogP contribution in [0.1, 0.15) is 62.8 Å². The molecule has 0 aliphatic heterocycles. The van der Waals surface area contributed by atoms with E-state index >= 15 is 0 Å². The normalized spacial score (nSPS) is 19.7.